The van der Waals surface area contributed by atoms with E-state index in [2.05, 4.69) is 34.5 Å². The van der Waals surface area contributed by atoms with Gasteiger partial charge < -0.3 is 10.6 Å². The molecule has 2 rings (SSSR count). The molecule has 15 heavy (non-hydrogen) atoms. The van der Waals surface area contributed by atoms with Crippen molar-refractivity contribution in [2.24, 2.45) is 4.99 Å². The van der Waals surface area contributed by atoms with Gasteiger partial charge in [-0.1, -0.05) is 6.92 Å². The SMILES string of the molecule is CCc1cnc(C(C)NC2=NCCN2)s1. The van der Waals surface area contributed by atoms with Crippen molar-refractivity contribution < 1.29 is 0 Å². The number of aromatic nitrogens is 1. The lowest BCUT2D eigenvalue weighted by Crippen LogP contribution is -2.35. The molecule has 2 N–H and O–H groups in total. The molecule has 1 aliphatic heterocycles. The summed E-state index contributed by atoms with van der Waals surface area (Å²) in [5, 5.41) is 7.64. The van der Waals surface area contributed by atoms with Crippen LogP contribution in [0.1, 0.15) is 29.8 Å². The fourth-order valence-corrected chi connectivity index (χ4v) is 2.31. The van der Waals surface area contributed by atoms with Crippen LogP contribution >= 0.6 is 11.3 Å². The van der Waals surface area contributed by atoms with Crippen LogP contribution in [0.5, 0.6) is 0 Å². The van der Waals surface area contributed by atoms with Crippen LogP contribution in [0.2, 0.25) is 0 Å². The smallest absolute Gasteiger partial charge is 0.191 e. The monoisotopic (exact) mass is 224 g/mol. The number of nitrogens with zero attached hydrogens (tertiary/aromatic N) is 2. The number of aryl methyl sites for hydroxylation is 1. The van der Waals surface area contributed by atoms with Crippen molar-refractivity contribution in [2.75, 3.05) is 13.1 Å². The molecule has 1 aromatic rings. The molecule has 1 unspecified atom stereocenters. The second-order valence-electron chi connectivity index (χ2n) is 3.54. The predicted octanol–water partition coefficient (Wildman–Crippen LogP) is 1.32. The van der Waals surface area contributed by atoms with E-state index >= 15 is 0 Å². The van der Waals surface area contributed by atoms with Crippen LogP contribution in [0, 0.1) is 0 Å². The van der Waals surface area contributed by atoms with Crippen LogP contribution < -0.4 is 10.6 Å². The van der Waals surface area contributed by atoms with Crippen molar-refractivity contribution >= 4 is 17.3 Å². The second kappa shape index (κ2) is 4.61. The van der Waals surface area contributed by atoms with Crippen molar-refractivity contribution in [1.82, 2.24) is 15.6 Å². The molecule has 0 fully saturated rings. The van der Waals surface area contributed by atoms with Gasteiger partial charge in [0.2, 0.25) is 0 Å². The van der Waals surface area contributed by atoms with Gasteiger partial charge in [0, 0.05) is 17.6 Å². The van der Waals surface area contributed by atoms with Crippen molar-refractivity contribution in [3.05, 3.63) is 16.1 Å². The zero-order chi connectivity index (χ0) is 10.7. The predicted molar refractivity (Wildman–Crippen MR) is 63.3 cm³/mol. The molecule has 0 spiro atoms. The van der Waals surface area contributed by atoms with Gasteiger partial charge in [-0.2, -0.15) is 0 Å². The number of thiazole rings is 1. The molecule has 0 aromatic carbocycles. The minimum Gasteiger partial charge on any atom is -0.355 e. The van der Waals surface area contributed by atoms with E-state index in [-0.39, 0.29) is 6.04 Å². The van der Waals surface area contributed by atoms with Crippen LogP contribution in [0.4, 0.5) is 0 Å². The molecule has 0 bridgehead atoms. The summed E-state index contributed by atoms with van der Waals surface area (Å²) in [6.07, 6.45) is 3.02. The molecular formula is C10H16N4S. The highest BCUT2D eigenvalue weighted by Gasteiger charge is 2.13. The number of nitrogens with one attached hydrogen (secondary N) is 2. The zero-order valence-corrected chi connectivity index (χ0v) is 9.90. The normalized spacial score (nSPS) is 17.1. The lowest BCUT2D eigenvalue weighted by Gasteiger charge is -2.12. The van der Waals surface area contributed by atoms with Crippen molar-refractivity contribution in [3.63, 3.8) is 0 Å². The molecule has 1 aromatic heterocycles. The van der Waals surface area contributed by atoms with Gasteiger partial charge in [0.25, 0.3) is 0 Å². The van der Waals surface area contributed by atoms with Gasteiger partial charge in [0.15, 0.2) is 5.96 Å². The summed E-state index contributed by atoms with van der Waals surface area (Å²) in [6, 6.07) is 0.236. The van der Waals surface area contributed by atoms with Gasteiger partial charge in [0.1, 0.15) is 5.01 Å². The first kappa shape index (κ1) is 10.4. The van der Waals surface area contributed by atoms with Gasteiger partial charge >= 0.3 is 0 Å². The molecule has 0 aliphatic carbocycles. The quantitative estimate of drug-likeness (QED) is 0.814. The first-order valence-corrected chi connectivity index (χ1v) is 6.10. The minimum atomic E-state index is 0.236. The van der Waals surface area contributed by atoms with Crippen molar-refractivity contribution in [1.29, 1.82) is 0 Å². The zero-order valence-electron chi connectivity index (χ0n) is 9.08. The Kier molecular flexibility index (Phi) is 3.20. The molecular weight excluding hydrogens is 208 g/mol. The average Bonchev–Trinajstić information content (AvgIpc) is 2.86. The summed E-state index contributed by atoms with van der Waals surface area (Å²) in [6.45, 7) is 6.07. The third-order valence-electron chi connectivity index (χ3n) is 2.32. The Balaban J connectivity index is 1.97. The maximum absolute atomic E-state index is 4.40. The molecule has 82 valence electrons. The number of rotatable bonds is 3. The van der Waals surface area contributed by atoms with Crippen LogP contribution in [-0.2, 0) is 6.42 Å². The molecule has 1 aliphatic rings. The Morgan fingerprint density at radius 2 is 2.53 bits per heavy atom. The summed E-state index contributed by atoms with van der Waals surface area (Å²) >= 11 is 1.77. The number of aliphatic imine (C=N–C) groups is 1. The molecule has 0 saturated heterocycles. The van der Waals surface area contributed by atoms with E-state index in [1.54, 1.807) is 11.3 Å². The summed E-state index contributed by atoms with van der Waals surface area (Å²) < 4.78 is 0. The molecule has 1 atom stereocenters. The fraction of sp³-hybridized carbons (Fsp3) is 0.600. The average molecular weight is 224 g/mol. The lowest BCUT2D eigenvalue weighted by molar-refractivity contribution is 0.696. The molecule has 2 heterocycles. The fourth-order valence-electron chi connectivity index (χ4n) is 1.45. The van der Waals surface area contributed by atoms with Crippen LogP contribution in [0.3, 0.4) is 0 Å². The Morgan fingerprint density at radius 1 is 1.67 bits per heavy atom. The lowest BCUT2D eigenvalue weighted by atomic mass is 10.3. The van der Waals surface area contributed by atoms with Crippen LogP contribution in [0.15, 0.2) is 11.2 Å². The molecule has 0 radical (unpaired) electrons. The summed E-state index contributed by atoms with van der Waals surface area (Å²) in [5.74, 6) is 0.899. The number of hydrogen-bond donors (Lipinski definition) is 2. The topological polar surface area (TPSA) is 49.3 Å². The molecule has 4 nitrogen and oxygen atoms in total. The van der Waals surface area contributed by atoms with E-state index in [1.807, 2.05) is 6.20 Å². The van der Waals surface area contributed by atoms with E-state index in [0.717, 1.165) is 30.5 Å². The van der Waals surface area contributed by atoms with E-state index in [0.29, 0.717) is 0 Å². The third-order valence-corrected chi connectivity index (χ3v) is 3.64. The standard InChI is InChI=1S/C10H16N4S/c1-3-8-6-13-9(15-8)7(2)14-10-11-4-5-12-10/h6-7H,3-5H2,1-2H3,(H2,11,12,14). The molecule has 0 amide bonds. The van der Waals surface area contributed by atoms with Crippen molar-refractivity contribution in [2.45, 2.75) is 26.3 Å². The van der Waals surface area contributed by atoms with Gasteiger partial charge in [0.05, 0.1) is 12.6 Å². The number of guanidine groups is 1. The summed E-state index contributed by atoms with van der Waals surface area (Å²) in [7, 11) is 0. The Bertz CT molecular complexity index is 358. The van der Waals surface area contributed by atoms with Crippen LogP contribution in [0.25, 0.3) is 0 Å². The van der Waals surface area contributed by atoms with Crippen molar-refractivity contribution in [3.8, 4) is 0 Å². The number of hydrogen-bond acceptors (Lipinski definition) is 5. The third kappa shape index (κ3) is 2.47. The van der Waals surface area contributed by atoms with E-state index in [1.165, 1.54) is 4.88 Å². The first-order valence-electron chi connectivity index (χ1n) is 5.29. The highest BCUT2D eigenvalue weighted by molar-refractivity contribution is 7.11. The highest BCUT2D eigenvalue weighted by Crippen LogP contribution is 2.20. The minimum absolute atomic E-state index is 0.236. The Hall–Kier alpha value is -1.10. The van der Waals surface area contributed by atoms with Crippen LogP contribution in [-0.4, -0.2) is 24.0 Å². The van der Waals surface area contributed by atoms with Gasteiger partial charge in [-0.15, -0.1) is 11.3 Å². The Morgan fingerprint density at radius 3 is 3.13 bits per heavy atom. The highest BCUT2D eigenvalue weighted by atomic mass is 32.1. The summed E-state index contributed by atoms with van der Waals surface area (Å²) in [5.41, 5.74) is 0. The maximum Gasteiger partial charge on any atom is 0.191 e. The van der Waals surface area contributed by atoms with Gasteiger partial charge in [-0.05, 0) is 13.3 Å². The van der Waals surface area contributed by atoms with Gasteiger partial charge in [-0.3, -0.25) is 4.99 Å². The van der Waals surface area contributed by atoms with E-state index < -0.39 is 0 Å². The molecule has 0 saturated carbocycles. The van der Waals surface area contributed by atoms with E-state index in [4.69, 9.17) is 0 Å². The largest absolute Gasteiger partial charge is 0.355 e. The first-order chi connectivity index (χ1) is 7.29. The molecule has 5 heteroatoms. The summed E-state index contributed by atoms with van der Waals surface area (Å²) in [4.78, 5) is 10.0. The van der Waals surface area contributed by atoms with E-state index in [9.17, 15) is 0 Å². The van der Waals surface area contributed by atoms with Gasteiger partial charge in [-0.25, -0.2) is 4.98 Å². The maximum atomic E-state index is 4.40. The second-order valence-corrected chi connectivity index (χ2v) is 4.69. The Labute approximate surface area is 93.8 Å².